The number of amides is 4. The molecule has 15 nitrogen and oxygen atoms in total. The highest BCUT2D eigenvalue weighted by atomic mass is 32.2. The van der Waals surface area contributed by atoms with E-state index in [-0.39, 0.29) is 43.3 Å². The molecule has 0 aromatic carbocycles. The van der Waals surface area contributed by atoms with Crippen LogP contribution in [0.1, 0.15) is 213 Å². The van der Waals surface area contributed by atoms with Crippen molar-refractivity contribution in [2.75, 3.05) is 24.7 Å². The van der Waals surface area contributed by atoms with E-state index in [0.29, 0.717) is 17.7 Å². The van der Waals surface area contributed by atoms with Crippen molar-refractivity contribution in [3.8, 4) is 0 Å². The van der Waals surface area contributed by atoms with E-state index in [1.165, 1.54) is 127 Å². The zero-order valence-corrected chi connectivity index (χ0v) is 40.0. The first-order chi connectivity index (χ1) is 30.3. The normalized spacial score (nSPS) is 12.1. The van der Waals surface area contributed by atoms with Gasteiger partial charge in [-0.3, -0.25) is 33.7 Å². The average Bonchev–Trinajstić information content (AvgIpc) is 3.24. The number of aliphatic carboxylic acids is 1. The molecule has 0 fully saturated rings. The summed E-state index contributed by atoms with van der Waals surface area (Å²) in [6.45, 7) is 3.56. The average molecular weight is 914 g/mol. The van der Waals surface area contributed by atoms with Crippen LogP contribution in [0.25, 0.3) is 0 Å². The van der Waals surface area contributed by atoms with Crippen LogP contribution in [0.15, 0.2) is 0 Å². The van der Waals surface area contributed by atoms with Gasteiger partial charge in [-0.25, -0.2) is 4.79 Å². The monoisotopic (exact) mass is 914 g/mol. The maximum Gasteiger partial charge on any atom is 0.326 e. The number of nitrogens with two attached hydrogens (primary N) is 3. The van der Waals surface area contributed by atoms with Crippen molar-refractivity contribution in [3.05, 3.63) is 0 Å². The highest BCUT2D eigenvalue weighted by molar-refractivity contribution is 7.99. The maximum absolute atomic E-state index is 13.4. The van der Waals surface area contributed by atoms with E-state index in [1.807, 2.05) is 0 Å². The number of thioether (sulfide) groups is 1. The fraction of sp³-hybridized carbons (Fsp3) is 0.851. The number of imide groups is 1. The standard InChI is InChI=1S/C47H87N5O10S/c1-3-5-7-9-11-13-15-17-19-21-23-25-27-29-43(56)61-36-38(62-44(57)30-28-26-24-22-20-18-16-14-12-10-8-6-4-2)37-63-34-33-41(54)52(39(47(59)60)31-32-40(48)53)42(55)35-51-46(58)45(49)50/h38-39,45H,3-37,49-50H2,1-2H3,(H2,48,53)(H,51,58)(H,59,60)/t38-,39?/m1/s1. The third-order valence-electron chi connectivity index (χ3n) is 11.0. The first-order valence-corrected chi connectivity index (χ1v) is 25.6. The van der Waals surface area contributed by atoms with Crippen LogP contribution in [0.2, 0.25) is 0 Å². The predicted octanol–water partition coefficient (Wildman–Crippen LogP) is 7.96. The van der Waals surface area contributed by atoms with Crippen LogP contribution in [-0.4, -0.2) is 94.5 Å². The third-order valence-corrected chi connectivity index (χ3v) is 12.1. The molecule has 0 saturated heterocycles. The van der Waals surface area contributed by atoms with Gasteiger partial charge in [0.2, 0.25) is 17.7 Å². The number of carbonyl (C=O) groups is 7. The summed E-state index contributed by atoms with van der Waals surface area (Å²) < 4.78 is 11.3. The van der Waals surface area contributed by atoms with Gasteiger partial charge in [-0.1, -0.05) is 168 Å². The minimum Gasteiger partial charge on any atom is -0.480 e. The molecule has 0 bridgehead atoms. The number of primary amides is 1. The van der Waals surface area contributed by atoms with E-state index >= 15 is 0 Å². The van der Waals surface area contributed by atoms with Crippen LogP contribution in [0, 0.1) is 0 Å². The second-order valence-corrected chi connectivity index (χ2v) is 18.0. The fourth-order valence-electron chi connectivity index (χ4n) is 7.18. The largest absolute Gasteiger partial charge is 0.480 e. The van der Waals surface area contributed by atoms with Crippen LogP contribution < -0.4 is 22.5 Å². The Morgan fingerprint density at radius 3 is 1.43 bits per heavy atom. The Balaban J connectivity index is 5.11. The summed E-state index contributed by atoms with van der Waals surface area (Å²) >= 11 is 1.21. The molecular weight excluding hydrogens is 827 g/mol. The Kier molecular flexibility index (Phi) is 39.3. The molecule has 4 amide bonds. The number of esters is 2. The Hall–Kier alpha value is -3.24. The van der Waals surface area contributed by atoms with Gasteiger partial charge in [-0.2, -0.15) is 11.8 Å². The number of carboxylic acid groups (broad SMARTS) is 1. The minimum atomic E-state index is -1.72. The van der Waals surface area contributed by atoms with Gasteiger partial charge < -0.3 is 37.1 Å². The molecule has 0 aromatic heterocycles. The molecule has 0 aromatic rings. The summed E-state index contributed by atoms with van der Waals surface area (Å²) in [6.07, 6.45) is 28.0. The summed E-state index contributed by atoms with van der Waals surface area (Å²) in [5.41, 5.74) is 15.8. The van der Waals surface area contributed by atoms with Crippen LogP contribution >= 0.6 is 11.8 Å². The Labute approximate surface area is 383 Å². The number of hydrogen-bond acceptors (Lipinski definition) is 12. The highest BCUT2D eigenvalue weighted by Crippen LogP contribution is 2.18. The lowest BCUT2D eigenvalue weighted by Gasteiger charge is -2.27. The fourth-order valence-corrected chi connectivity index (χ4v) is 8.10. The van der Waals surface area contributed by atoms with Crippen molar-refractivity contribution in [2.24, 2.45) is 17.2 Å². The van der Waals surface area contributed by atoms with Crippen molar-refractivity contribution < 1.29 is 48.1 Å². The molecule has 16 heteroatoms. The zero-order valence-electron chi connectivity index (χ0n) is 39.2. The molecule has 0 saturated carbocycles. The smallest absolute Gasteiger partial charge is 0.326 e. The van der Waals surface area contributed by atoms with Gasteiger partial charge in [-0.05, 0) is 19.3 Å². The van der Waals surface area contributed by atoms with Gasteiger partial charge in [0.05, 0.1) is 6.54 Å². The van der Waals surface area contributed by atoms with Crippen molar-refractivity contribution >= 4 is 53.3 Å². The van der Waals surface area contributed by atoms with E-state index in [2.05, 4.69) is 19.2 Å². The summed E-state index contributed by atoms with van der Waals surface area (Å²) in [7, 11) is 0. The molecule has 0 aliphatic rings. The van der Waals surface area contributed by atoms with Crippen LogP contribution in [-0.2, 0) is 43.0 Å². The van der Waals surface area contributed by atoms with E-state index in [4.69, 9.17) is 26.7 Å². The van der Waals surface area contributed by atoms with Crippen LogP contribution in [0.3, 0.4) is 0 Å². The van der Waals surface area contributed by atoms with Crippen molar-refractivity contribution in [1.29, 1.82) is 0 Å². The zero-order chi connectivity index (χ0) is 46.9. The van der Waals surface area contributed by atoms with E-state index in [0.717, 1.165) is 38.5 Å². The number of rotatable bonds is 44. The van der Waals surface area contributed by atoms with Crippen LogP contribution in [0.4, 0.5) is 0 Å². The SMILES string of the molecule is CCCCCCCCCCCCCCCC(=O)OC[C@H](CSCCC(=O)N(C(=O)CNC(=O)C(N)N)C(CCC(N)=O)C(=O)O)OC(=O)CCCCCCCCCCCCCCC. The van der Waals surface area contributed by atoms with Gasteiger partial charge in [0, 0.05) is 37.2 Å². The summed E-state index contributed by atoms with van der Waals surface area (Å²) in [5, 5.41) is 12.0. The Morgan fingerprint density at radius 2 is 1.02 bits per heavy atom. The second kappa shape index (κ2) is 41.5. The molecule has 63 heavy (non-hydrogen) atoms. The van der Waals surface area contributed by atoms with E-state index in [9.17, 15) is 38.7 Å². The predicted molar refractivity (Wildman–Crippen MR) is 250 cm³/mol. The number of carbonyl (C=O) groups excluding carboxylic acids is 6. The molecule has 8 N–H and O–H groups in total. The third kappa shape index (κ3) is 35.8. The topological polar surface area (TPSA) is 252 Å². The number of nitrogens with zero attached hydrogens (tertiary/aromatic N) is 1. The lowest BCUT2D eigenvalue weighted by molar-refractivity contribution is -0.158. The number of ether oxygens (including phenoxy) is 2. The number of carboxylic acids is 1. The maximum atomic E-state index is 13.4. The molecule has 0 aliphatic carbocycles. The lowest BCUT2D eigenvalue weighted by atomic mass is 10.0. The van der Waals surface area contributed by atoms with Crippen molar-refractivity contribution in [2.45, 2.75) is 231 Å². The minimum absolute atomic E-state index is 0.0879. The summed E-state index contributed by atoms with van der Waals surface area (Å²) in [6, 6.07) is -1.72. The summed E-state index contributed by atoms with van der Waals surface area (Å²) in [4.78, 5) is 88.0. The quantitative estimate of drug-likeness (QED) is 0.0221. The highest BCUT2D eigenvalue weighted by Gasteiger charge is 2.35. The van der Waals surface area contributed by atoms with E-state index < -0.39 is 73.3 Å². The van der Waals surface area contributed by atoms with Crippen LogP contribution in [0.5, 0.6) is 0 Å². The Morgan fingerprint density at radius 1 is 0.587 bits per heavy atom. The van der Waals surface area contributed by atoms with Crippen molar-refractivity contribution in [1.82, 2.24) is 10.2 Å². The van der Waals surface area contributed by atoms with Gasteiger partial charge in [0.15, 0.2) is 0 Å². The first kappa shape index (κ1) is 59.8. The molecule has 2 atom stereocenters. The molecule has 0 aliphatic heterocycles. The molecule has 0 spiro atoms. The lowest BCUT2D eigenvalue weighted by Crippen LogP contribution is -2.54. The molecule has 0 rings (SSSR count). The van der Waals surface area contributed by atoms with Crippen molar-refractivity contribution in [3.63, 3.8) is 0 Å². The first-order valence-electron chi connectivity index (χ1n) is 24.4. The molecule has 1 unspecified atom stereocenters. The van der Waals surface area contributed by atoms with Gasteiger partial charge in [0.25, 0.3) is 5.91 Å². The molecular formula is C47H87N5O10S. The van der Waals surface area contributed by atoms with Gasteiger partial charge in [-0.15, -0.1) is 0 Å². The molecule has 0 radical (unpaired) electrons. The number of unbranched alkanes of at least 4 members (excludes halogenated alkanes) is 24. The van der Waals surface area contributed by atoms with Gasteiger partial charge in [0.1, 0.15) is 24.9 Å². The van der Waals surface area contributed by atoms with E-state index in [1.54, 1.807) is 0 Å². The molecule has 366 valence electrons. The Bertz CT molecular complexity index is 1260. The summed E-state index contributed by atoms with van der Waals surface area (Å²) in [5.74, 6) is -5.67. The second-order valence-electron chi connectivity index (χ2n) is 16.9. The van der Waals surface area contributed by atoms with Gasteiger partial charge >= 0.3 is 17.9 Å². The number of hydrogen-bond donors (Lipinski definition) is 5. The molecule has 0 heterocycles. The number of nitrogens with one attached hydrogen (secondary N) is 1.